The Morgan fingerprint density at radius 3 is 2.24 bits per heavy atom. The summed E-state index contributed by atoms with van der Waals surface area (Å²) in [5, 5.41) is 7.75. The summed E-state index contributed by atoms with van der Waals surface area (Å²) >= 11 is 0. The van der Waals surface area contributed by atoms with Gasteiger partial charge < -0.3 is 14.7 Å². The van der Waals surface area contributed by atoms with Gasteiger partial charge >= 0.3 is 0 Å². The van der Waals surface area contributed by atoms with Gasteiger partial charge in [0.25, 0.3) is 0 Å². The normalized spacial score (nSPS) is 18.6. The molecule has 0 amide bonds. The van der Waals surface area contributed by atoms with Crippen LogP contribution in [0.3, 0.4) is 0 Å². The summed E-state index contributed by atoms with van der Waals surface area (Å²) in [7, 11) is 1.88. The van der Waals surface area contributed by atoms with Crippen molar-refractivity contribution in [1.29, 1.82) is 0 Å². The number of likely N-dealkylation sites (tertiary alicyclic amines) is 1. The van der Waals surface area contributed by atoms with Crippen LogP contribution in [0.15, 0.2) is 39.8 Å². The van der Waals surface area contributed by atoms with E-state index in [1.54, 1.807) is 0 Å². The summed E-state index contributed by atoms with van der Waals surface area (Å²) in [6.07, 6.45) is 5.41. The molecular weight excluding hydrogens is 527 g/mol. The number of halogens is 1. The van der Waals surface area contributed by atoms with Gasteiger partial charge in [-0.25, -0.2) is 0 Å². The van der Waals surface area contributed by atoms with Gasteiger partial charge in [-0.15, -0.1) is 24.0 Å². The molecule has 0 spiro atoms. The number of aromatic nitrogens is 1. The van der Waals surface area contributed by atoms with Crippen molar-refractivity contribution in [1.82, 2.24) is 25.2 Å². The lowest BCUT2D eigenvalue weighted by atomic mass is 10.1. The molecule has 0 unspecified atom stereocenters. The molecule has 8 heteroatoms. The van der Waals surface area contributed by atoms with E-state index in [9.17, 15) is 0 Å². The Labute approximate surface area is 215 Å². The average Bonchev–Trinajstić information content (AvgIpc) is 3.05. The molecule has 0 atom stereocenters. The Morgan fingerprint density at radius 2 is 1.61 bits per heavy atom. The maximum absolute atomic E-state index is 5.20. The van der Waals surface area contributed by atoms with Crippen LogP contribution in [0, 0.1) is 6.92 Å². The Morgan fingerprint density at radius 1 is 0.939 bits per heavy atom. The van der Waals surface area contributed by atoms with Crippen molar-refractivity contribution in [2.75, 3.05) is 46.3 Å². The first-order valence-corrected chi connectivity index (χ1v) is 12.1. The minimum Gasteiger partial charge on any atom is -0.361 e. The van der Waals surface area contributed by atoms with Crippen molar-refractivity contribution in [2.45, 2.75) is 52.2 Å². The summed E-state index contributed by atoms with van der Waals surface area (Å²) in [6, 6.07) is 10.9. The van der Waals surface area contributed by atoms with Gasteiger partial charge in [0.05, 0.1) is 5.69 Å². The average molecular weight is 567 g/mol. The highest BCUT2D eigenvalue weighted by molar-refractivity contribution is 14.0. The van der Waals surface area contributed by atoms with Crippen LogP contribution < -0.4 is 5.32 Å². The Bertz CT molecular complexity index is 869. The standard InChI is InChI=1S/C25H38N6O.HI/c1-21-17-24(28-32-21)20-30-13-15-31(16-14-30)25(26-2)27-18-22-9-5-6-10-23(22)19-29-11-7-3-4-8-12-29;/h5-6,9-10,17H,3-4,7-8,11-16,18-20H2,1-2H3,(H,26,27);1H. The predicted molar refractivity (Wildman–Crippen MR) is 144 cm³/mol. The van der Waals surface area contributed by atoms with E-state index in [4.69, 9.17) is 4.52 Å². The largest absolute Gasteiger partial charge is 0.361 e. The molecule has 7 nitrogen and oxygen atoms in total. The molecule has 4 rings (SSSR count). The molecule has 3 heterocycles. The van der Waals surface area contributed by atoms with E-state index in [1.165, 1.54) is 49.9 Å². The molecule has 0 bridgehead atoms. The first kappa shape index (κ1) is 26.0. The number of nitrogens with zero attached hydrogens (tertiary/aromatic N) is 5. The molecule has 1 N–H and O–H groups in total. The van der Waals surface area contributed by atoms with Crippen LogP contribution in [0.1, 0.15) is 48.3 Å². The third-order valence-electron chi connectivity index (χ3n) is 6.59. The minimum atomic E-state index is 0. The van der Waals surface area contributed by atoms with E-state index in [-0.39, 0.29) is 24.0 Å². The first-order valence-electron chi connectivity index (χ1n) is 12.1. The number of aliphatic imine (C=N–C) groups is 1. The summed E-state index contributed by atoms with van der Waals surface area (Å²) in [4.78, 5) is 12.0. The Balaban J connectivity index is 0.00000306. The van der Waals surface area contributed by atoms with Crippen LogP contribution in [-0.2, 0) is 19.6 Å². The quantitative estimate of drug-likeness (QED) is 0.326. The lowest BCUT2D eigenvalue weighted by molar-refractivity contribution is 0.169. The number of hydrogen-bond acceptors (Lipinski definition) is 5. The van der Waals surface area contributed by atoms with Crippen molar-refractivity contribution >= 4 is 29.9 Å². The van der Waals surface area contributed by atoms with Gasteiger partial charge in [-0.2, -0.15) is 0 Å². The molecule has 2 aliphatic heterocycles. The topological polar surface area (TPSA) is 60.1 Å². The van der Waals surface area contributed by atoms with Crippen LogP contribution in [0.2, 0.25) is 0 Å². The summed E-state index contributed by atoms with van der Waals surface area (Å²) in [5.41, 5.74) is 3.82. The van der Waals surface area contributed by atoms with Gasteiger partial charge in [0, 0.05) is 58.9 Å². The lowest BCUT2D eigenvalue weighted by Gasteiger charge is -2.36. The number of benzene rings is 1. The number of aryl methyl sites for hydroxylation is 1. The fraction of sp³-hybridized carbons (Fsp3) is 0.600. The number of nitrogens with one attached hydrogen (secondary N) is 1. The van der Waals surface area contributed by atoms with E-state index < -0.39 is 0 Å². The van der Waals surface area contributed by atoms with Crippen molar-refractivity contribution in [2.24, 2.45) is 4.99 Å². The monoisotopic (exact) mass is 566 g/mol. The zero-order valence-electron chi connectivity index (χ0n) is 20.1. The third kappa shape index (κ3) is 7.68. The molecule has 0 aliphatic carbocycles. The van der Waals surface area contributed by atoms with E-state index in [1.807, 2.05) is 20.0 Å². The molecule has 2 aromatic rings. The minimum absolute atomic E-state index is 0. The van der Waals surface area contributed by atoms with Crippen molar-refractivity contribution in [3.8, 4) is 0 Å². The number of rotatable bonds is 6. The fourth-order valence-corrected chi connectivity index (χ4v) is 4.77. The molecular formula is C25H39IN6O. The van der Waals surface area contributed by atoms with Crippen molar-refractivity contribution in [3.05, 3.63) is 52.9 Å². The van der Waals surface area contributed by atoms with Crippen LogP contribution in [-0.4, -0.2) is 72.1 Å². The molecule has 2 fully saturated rings. The lowest BCUT2D eigenvalue weighted by Crippen LogP contribution is -2.52. The summed E-state index contributed by atoms with van der Waals surface area (Å²) in [5.74, 6) is 1.87. The van der Waals surface area contributed by atoms with Crippen LogP contribution >= 0.6 is 24.0 Å². The summed E-state index contributed by atoms with van der Waals surface area (Å²) < 4.78 is 5.20. The maximum Gasteiger partial charge on any atom is 0.194 e. The van der Waals surface area contributed by atoms with Gasteiger partial charge in [-0.1, -0.05) is 42.3 Å². The van der Waals surface area contributed by atoms with E-state index >= 15 is 0 Å². The molecule has 2 aliphatic rings. The molecule has 2 saturated heterocycles. The van der Waals surface area contributed by atoms with E-state index in [2.05, 4.69) is 54.4 Å². The number of hydrogen-bond donors (Lipinski definition) is 1. The van der Waals surface area contributed by atoms with Crippen LogP contribution in [0.4, 0.5) is 0 Å². The SMILES string of the molecule is CN=C(NCc1ccccc1CN1CCCCCC1)N1CCN(Cc2cc(C)on2)CC1.I. The first-order chi connectivity index (χ1) is 15.7. The number of guanidine groups is 1. The predicted octanol–water partition coefficient (Wildman–Crippen LogP) is 3.87. The highest BCUT2D eigenvalue weighted by Crippen LogP contribution is 2.16. The third-order valence-corrected chi connectivity index (χ3v) is 6.59. The zero-order chi connectivity index (χ0) is 22.2. The molecule has 33 heavy (non-hydrogen) atoms. The van der Waals surface area contributed by atoms with Gasteiger partial charge in [-0.05, 0) is 44.0 Å². The van der Waals surface area contributed by atoms with Crippen LogP contribution in [0.5, 0.6) is 0 Å². The van der Waals surface area contributed by atoms with Gasteiger partial charge in [0.1, 0.15) is 5.76 Å². The highest BCUT2D eigenvalue weighted by Gasteiger charge is 2.21. The molecule has 0 saturated carbocycles. The Kier molecular flexibility index (Phi) is 10.5. The smallest absolute Gasteiger partial charge is 0.194 e. The molecule has 0 radical (unpaired) electrons. The number of piperazine rings is 1. The molecule has 1 aromatic carbocycles. The van der Waals surface area contributed by atoms with Gasteiger partial charge in [0.2, 0.25) is 0 Å². The van der Waals surface area contributed by atoms with E-state index in [0.29, 0.717) is 0 Å². The van der Waals surface area contributed by atoms with Gasteiger partial charge in [-0.3, -0.25) is 14.8 Å². The molecule has 182 valence electrons. The van der Waals surface area contributed by atoms with Crippen LogP contribution in [0.25, 0.3) is 0 Å². The van der Waals surface area contributed by atoms with Gasteiger partial charge in [0.15, 0.2) is 5.96 Å². The zero-order valence-corrected chi connectivity index (χ0v) is 22.5. The maximum atomic E-state index is 5.20. The highest BCUT2D eigenvalue weighted by atomic mass is 127. The second-order valence-electron chi connectivity index (χ2n) is 9.05. The van der Waals surface area contributed by atoms with Crippen molar-refractivity contribution in [3.63, 3.8) is 0 Å². The second-order valence-corrected chi connectivity index (χ2v) is 9.05. The van der Waals surface area contributed by atoms with E-state index in [0.717, 1.165) is 63.2 Å². The molecule has 1 aromatic heterocycles. The fourth-order valence-electron chi connectivity index (χ4n) is 4.77. The Hall–Kier alpha value is -1.65. The summed E-state index contributed by atoms with van der Waals surface area (Å²) in [6.45, 7) is 11.0. The van der Waals surface area contributed by atoms with Crippen molar-refractivity contribution < 1.29 is 4.52 Å². The second kappa shape index (κ2) is 13.3.